The van der Waals surface area contributed by atoms with E-state index >= 15 is 0 Å². The van der Waals surface area contributed by atoms with Crippen LogP contribution in [0, 0.1) is 0 Å². The molecule has 120 valence electrons. The summed E-state index contributed by atoms with van der Waals surface area (Å²) in [5, 5.41) is 18.8. The molecule has 0 aromatic carbocycles. The fourth-order valence-electron chi connectivity index (χ4n) is 0.136. The molecule has 0 amide bonds. The number of hydrogen-bond donors (Lipinski definition) is 0. The Labute approximate surface area is 123 Å². The number of aliphatic carboxylic acids is 2. The van der Waals surface area contributed by atoms with Gasteiger partial charge in [-0.05, 0) is 26.0 Å². The number of quaternary nitrogens is 2. The second-order valence-corrected chi connectivity index (χ2v) is 6.18. The van der Waals surface area contributed by atoms with Crippen molar-refractivity contribution in [2.45, 2.75) is 13.8 Å². The van der Waals surface area contributed by atoms with E-state index in [2.05, 4.69) is 56.1 Å². The van der Waals surface area contributed by atoms with Gasteiger partial charge in [0.15, 0.2) is 0 Å². The van der Waals surface area contributed by atoms with Gasteiger partial charge in [0.2, 0.25) is 0 Å². The van der Waals surface area contributed by atoms with Crippen molar-refractivity contribution in [2.75, 3.05) is 55.4 Å². The predicted octanol–water partition coefficient (Wildman–Crippen LogP) is -1.53. The van der Waals surface area contributed by atoms with E-state index in [1.54, 1.807) is 0 Å². The van der Waals surface area contributed by atoms with Gasteiger partial charge in [0.1, 0.15) is 0 Å². The van der Waals surface area contributed by atoms with Crippen molar-refractivity contribution >= 4 is 11.9 Å². The molecule has 0 bridgehead atoms. The first-order valence-corrected chi connectivity index (χ1v) is 6.46. The highest BCUT2D eigenvalue weighted by Gasteiger charge is 1.98. The lowest BCUT2D eigenvalue weighted by molar-refractivity contribution is -0.868. The largest absolute Gasteiger partial charge is 0.545 e. The first-order chi connectivity index (χ1) is 8.75. The van der Waals surface area contributed by atoms with Crippen LogP contribution in [0.2, 0.25) is 0 Å². The summed E-state index contributed by atoms with van der Waals surface area (Å²) in [6.45, 7) is 6.78. The molecule has 0 saturated carbocycles. The topological polar surface area (TPSA) is 80.3 Å². The third kappa shape index (κ3) is 43.8. The number of carboxylic acids is 2. The van der Waals surface area contributed by atoms with Crippen molar-refractivity contribution in [3.8, 4) is 0 Å². The van der Waals surface area contributed by atoms with E-state index < -0.39 is 11.9 Å². The number of rotatable bonds is 4. The Morgan fingerprint density at radius 2 is 0.900 bits per heavy atom. The Morgan fingerprint density at radius 1 is 0.750 bits per heavy atom. The Bertz CT molecular complexity index is 269. The molecule has 0 radical (unpaired) electrons. The molecule has 0 atom stereocenters. The van der Waals surface area contributed by atoms with Crippen molar-refractivity contribution in [3.63, 3.8) is 0 Å². The molecular weight excluding hydrogens is 260 g/mol. The number of hydrogen-bond acceptors (Lipinski definition) is 4. The molecule has 0 aliphatic rings. The molecular formula is C14H30N2O4. The monoisotopic (exact) mass is 290 g/mol. The predicted molar refractivity (Wildman–Crippen MR) is 76.3 cm³/mol. The number of nitrogens with zero attached hydrogens (tertiary/aromatic N) is 2. The minimum atomic E-state index is -1.55. The van der Waals surface area contributed by atoms with E-state index in [-0.39, 0.29) is 0 Å². The molecule has 20 heavy (non-hydrogen) atoms. The highest BCUT2D eigenvalue weighted by molar-refractivity contribution is 5.87. The summed E-state index contributed by atoms with van der Waals surface area (Å²) in [6.07, 6.45) is 0.769. The lowest BCUT2D eigenvalue weighted by atomic mass is 10.5. The zero-order valence-electron chi connectivity index (χ0n) is 14.1. The highest BCUT2D eigenvalue weighted by atomic mass is 16.4. The van der Waals surface area contributed by atoms with E-state index in [1.165, 1.54) is 13.1 Å². The highest BCUT2D eigenvalue weighted by Crippen LogP contribution is 1.84. The standard InChI is InChI=1S/2C5H14N.C4H4O4/c2*1-5-6(2,3)4;5-3(6)1-2-4(7)8/h2*5H2,1-4H3;1-2H,(H,5,6)(H,7,8)/q2*+1;/p-2/b;;2-1+. The van der Waals surface area contributed by atoms with Gasteiger partial charge >= 0.3 is 0 Å². The quantitative estimate of drug-likeness (QED) is 0.464. The van der Waals surface area contributed by atoms with Crippen LogP contribution in [0.1, 0.15) is 13.8 Å². The lowest BCUT2D eigenvalue weighted by Gasteiger charge is -2.20. The minimum Gasteiger partial charge on any atom is -0.545 e. The first-order valence-electron chi connectivity index (χ1n) is 6.46. The van der Waals surface area contributed by atoms with Crippen LogP contribution in [0.4, 0.5) is 0 Å². The lowest BCUT2D eigenvalue weighted by Crippen LogP contribution is -2.33. The third-order valence-electron chi connectivity index (χ3n) is 2.25. The van der Waals surface area contributed by atoms with Gasteiger partial charge < -0.3 is 28.8 Å². The second-order valence-electron chi connectivity index (χ2n) is 6.18. The molecule has 0 aromatic heterocycles. The average Bonchev–Trinajstić information content (AvgIpc) is 2.26. The SMILES string of the molecule is CC[N+](C)(C)C.CC[N+](C)(C)C.O=C([O-])/C=C/C(=O)[O-]. The average molecular weight is 290 g/mol. The smallest absolute Gasteiger partial charge is 0.0751 e. The molecule has 0 saturated heterocycles. The Morgan fingerprint density at radius 3 is 0.950 bits per heavy atom. The van der Waals surface area contributed by atoms with Gasteiger partial charge in [-0.25, -0.2) is 0 Å². The van der Waals surface area contributed by atoms with Crippen LogP contribution in [0.3, 0.4) is 0 Å². The number of carbonyl (C=O) groups excluding carboxylic acids is 2. The van der Waals surface area contributed by atoms with Crippen LogP contribution in [-0.2, 0) is 9.59 Å². The van der Waals surface area contributed by atoms with E-state index in [4.69, 9.17) is 0 Å². The molecule has 0 aliphatic heterocycles. The van der Waals surface area contributed by atoms with Gasteiger partial charge in [-0.3, -0.25) is 0 Å². The van der Waals surface area contributed by atoms with E-state index in [0.29, 0.717) is 12.2 Å². The van der Waals surface area contributed by atoms with Gasteiger partial charge in [0.05, 0.1) is 67.3 Å². The molecule has 6 heteroatoms. The molecule has 0 N–H and O–H groups in total. The summed E-state index contributed by atoms with van der Waals surface area (Å²) in [4.78, 5) is 18.8. The van der Waals surface area contributed by atoms with Crippen LogP contribution in [-0.4, -0.2) is 76.3 Å². The third-order valence-corrected chi connectivity index (χ3v) is 2.25. The zero-order chi connectivity index (χ0) is 17.0. The first kappa shape index (κ1) is 23.7. The maximum atomic E-state index is 9.41. The number of carbonyl (C=O) groups is 2. The van der Waals surface area contributed by atoms with Crippen molar-refractivity contribution in [1.29, 1.82) is 0 Å². The van der Waals surface area contributed by atoms with Gasteiger partial charge in [0.25, 0.3) is 0 Å². The molecule has 0 aliphatic carbocycles. The van der Waals surface area contributed by atoms with Gasteiger partial charge in [-0.2, -0.15) is 0 Å². The normalized spacial score (nSPS) is 11.0. The van der Waals surface area contributed by atoms with Gasteiger partial charge in [0, 0.05) is 0 Å². The van der Waals surface area contributed by atoms with Crippen LogP contribution < -0.4 is 10.2 Å². The zero-order valence-corrected chi connectivity index (χ0v) is 14.1. The molecule has 0 aromatic rings. The second kappa shape index (κ2) is 11.4. The minimum absolute atomic E-state index is 0.384. The van der Waals surface area contributed by atoms with Crippen molar-refractivity contribution in [3.05, 3.63) is 12.2 Å². The van der Waals surface area contributed by atoms with Crippen LogP contribution in [0.25, 0.3) is 0 Å². The van der Waals surface area contributed by atoms with Gasteiger partial charge in [-0.1, -0.05) is 0 Å². The van der Waals surface area contributed by atoms with Crippen LogP contribution in [0.5, 0.6) is 0 Å². The maximum absolute atomic E-state index is 9.41. The molecule has 0 unspecified atom stereocenters. The van der Waals surface area contributed by atoms with Gasteiger partial charge in [-0.15, -0.1) is 0 Å². The number of carboxylic acid groups (broad SMARTS) is 2. The Balaban J connectivity index is -0.000000221. The Kier molecular flexibility index (Phi) is 13.5. The van der Waals surface area contributed by atoms with Crippen LogP contribution in [0.15, 0.2) is 12.2 Å². The fourth-order valence-corrected chi connectivity index (χ4v) is 0.136. The summed E-state index contributed by atoms with van der Waals surface area (Å²) in [7, 11) is 13.1. The summed E-state index contributed by atoms with van der Waals surface area (Å²) >= 11 is 0. The molecule has 0 fully saturated rings. The maximum Gasteiger partial charge on any atom is 0.0751 e. The molecule has 0 spiro atoms. The molecule has 0 heterocycles. The molecule has 6 nitrogen and oxygen atoms in total. The van der Waals surface area contributed by atoms with E-state index in [0.717, 1.165) is 8.97 Å². The summed E-state index contributed by atoms with van der Waals surface area (Å²) in [6, 6.07) is 0. The van der Waals surface area contributed by atoms with Crippen LogP contribution >= 0.6 is 0 Å². The van der Waals surface area contributed by atoms with Crippen molar-refractivity contribution in [1.82, 2.24) is 0 Å². The molecule has 0 rings (SSSR count). The summed E-state index contributed by atoms with van der Waals surface area (Å²) in [5.74, 6) is -3.09. The Hall–Kier alpha value is -1.40. The summed E-state index contributed by atoms with van der Waals surface area (Å²) < 4.78 is 2.14. The fraction of sp³-hybridized carbons (Fsp3) is 0.714. The van der Waals surface area contributed by atoms with E-state index in [1.807, 2.05) is 0 Å². The summed E-state index contributed by atoms with van der Waals surface area (Å²) in [5.41, 5.74) is 0. The van der Waals surface area contributed by atoms with Crippen molar-refractivity contribution in [2.24, 2.45) is 0 Å². The van der Waals surface area contributed by atoms with Crippen molar-refractivity contribution < 1.29 is 28.8 Å². The van der Waals surface area contributed by atoms with E-state index in [9.17, 15) is 19.8 Å².